The number of nitrogens with one attached hydrogen (secondary N) is 1. The van der Waals surface area contributed by atoms with Crippen molar-refractivity contribution in [2.24, 2.45) is 0 Å². The van der Waals surface area contributed by atoms with Gasteiger partial charge in [0.2, 0.25) is 0 Å². The van der Waals surface area contributed by atoms with Gasteiger partial charge >= 0.3 is 0 Å². The standard InChI is InChI=1S/C14H21NO/c1-3-12-10-16-14(13(4-2)15-12)11-8-6-5-7-9-11/h5-9,12-15H,3-4,10H2,1-2H3. The van der Waals surface area contributed by atoms with Gasteiger partial charge in [0, 0.05) is 12.1 Å². The molecule has 0 bridgehead atoms. The average Bonchev–Trinajstić information content (AvgIpc) is 2.39. The van der Waals surface area contributed by atoms with Gasteiger partial charge in [-0.15, -0.1) is 0 Å². The van der Waals surface area contributed by atoms with E-state index in [0.29, 0.717) is 12.1 Å². The number of hydrogen-bond donors (Lipinski definition) is 1. The Balaban J connectivity index is 2.10. The van der Waals surface area contributed by atoms with Crippen molar-refractivity contribution in [3.8, 4) is 0 Å². The first-order valence-electron chi connectivity index (χ1n) is 6.27. The van der Waals surface area contributed by atoms with Gasteiger partial charge in [0.1, 0.15) is 0 Å². The lowest BCUT2D eigenvalue weighted by Gasteiger charge is -2.37. The molecule has 0 aliphatic carbocycles. The first kappa shape index (κ1) is 11.6. The van der Waals surface area contributed by atoms with Crippen LogP contribution in [0.1, 0.15) is 38.4 Å². The summed E-state index contributed by atoms with van der Waals surface area (Å²) >= 11 is 0. The average molecular weight is 219 g/mol. The second-order valence-electron chi connectivity index (χ2n) is 4.45. The third-order valence-corrected chi connectivity index (χ3v) is 3.35. The summed E-state index contributed by atoms with van der Waals surface area (Å²) in [6, 6.07) is 11.5. The summed E-state index contributed by atoms with van der Waals surface area (Å²) in [7, 11) is 0. The highest BCUT2D eigenvalue weighted by atomic mass is 16.5. The minimum absolute atomic E-state index is 0.217. The van der Waals surface area contributed by atoms with Crippen LogP contribution in [0, 0.1) is 0 Å². The molecular weight excluding hydrogens is 198 g/mol. The molecule has 2 heteroatoms. The Morgan fingerprint density at radius 2 is 1.94 bits per heavy atom. The van der Waals surface area contributed by atoms with Crippen molar-refractivity contribution in [1.82, 2.24) is 5.32 Å². The highest BCUT2D eigenvalue weighted by Gasteiger charge is 2.29. The molecule has 1 heterocycles. The van der Waals surface area contributed by atoms with E-state index in [4.69, 9.17) is 4.74 Å². The van der Waals surface area contributed by atoms with E-state index in [1.54, 1.807) is 0 Å². The van der Waals surface area contributed by atoms with Crippen molar-refractivity contribution in [3.63, 3.8) is 0 Å². The number of ether oxygens (including phenoxy) is 1. The van der Waals surface area contributed by atoms with Crippen LogP contribution in [-0.2, 0) is 4.74 Å². The van der Waals surface area contributed by atoms with Crippen LogP contribution in [-0.4, -0.2) is 18.7 Å². The monoisotopic (exact) mass is 219 g/mol. The van der Waals surface area contributed by atoms with Gasteiger partial charge in [-0.25, -0.2) is 0 Å². The van der Waals surface area contributed by atoms with Crippen LogP contribution in [0.15, 0.2) is 30.3 Å². The van der Waals surface area contributed by atoms with E-state index in [9.17, 15) is 0 Å². The molecule has 0 saturated carbocycles. The number of rotatable bonds is 3. The topological polar surface area (TPSA) is 21.3 Å². The Kier molecular flexibility index (Phi) is 3.97. The van der Waals surface area contributed by atoms with Crippen LogP contribution in [0.25, 0.3) is 0 Å². The summed E-state index contributed by atoms with van der Waals surface area (Å²) in [5, 5.41) is 3.68. The zero-order chi connectivity index (χ0) is 11.4. The lowest BCUT2D eigenvalue weighted by atomic mass is 9.97. The molecule has 0 radical (unpaired) electrons. The molecule has 16 heavy (non-hydrogen) atoms. The van der Waals surface area contributed by atoms with Crippen LogP contribution in [0.2, 0.25) is 0 Å². The fourth-order valence-corrected chi connectivity index (χ4v) is 2.31. The molecule has 1 aromatic rings. The van der Waals surface area contributed by atoms with E-state index in [1.165, 1.54) is 5.56 Å². The zero-order valence-electron chi connectivity index (χ0n) is 10.1. The van der Waals surface area contributed by atoms with Crippen molar-refractivity contribution in [3.05, 3.63) is 35.9 Å². The molecule has 88 valence electrons. The largest absolute Gasteiger partial charge is 0.370 e. The number of morpholine rings is 1. The van der Waals surface area contributed by atoms with Crippen molar-refractivity contribution >= 4 is 0 Å². The molecule has 1 aliphatic heterocycles. The zero-order valence-corrected chi connectivity index (χ0v) is 10.1. The van der Waals surface area contributed by atoms with Crippen molar-refractivity contribution in [2.75, 3.05) is 6.61 Å². The molecule has 1 fully saturated rings. The van der Waals surface area contributed by atoms with E-state index < -0.39 is 0 Å². The second-order valence-corrected chi connectivity index (χ2v) is 4.45. The van der Waals surface area contributed by atoms with E-state index in [-0.39, 0.29) is 6.10 Å². The maximum atomic E-state index is 6.01. The lowest BCUT2D eigenvalue weighted by Crippen LogP contribution is -2.49. The predicted octanol–water partition coefficient (Wildman–Crippen LogP) is 2.90. The molecule has 3 atom stereocenters. The third kappa shape index (κ3) is 2.45. The number of benzene rings is 1. The fraction of sp³-hybridized carbons (Fsp3) is 0.571. The lowest BCUT2D eigenvalue weighted by molar-refractivity contribution is -0.0310. The van der Waals surface area contributed by atoms with Gasteiger partial charge in [0.05, 0.1) is 12.7 Å². The Morgan fingerprint density at radius 1 is 1.19 bits per heavy atom. The van der Waals surface area contributed by atoms with E-state index >= 15 is 0 Å². The third-order valence-electron chi connectivity index (χ3n) is 3.35. The highest BCUT2D eigenvalue weighted by Crippen LogP contribution is 2.27. The molecule has 3 unspecified atom stereocenters. The Bertz CT molecular complexity index is 312. The Morgan fingerprint density at radius 3 is 2.56 bits per heavy atom. The molecule has 1 aliphatic rings. The molecule has 0 spiro atoms. The maximum absolute atomic E-state index is 6.01. The quantitative estimate of drug-likeness (QED) is 0.844. The second kappa shape index (κ2) is 5.46. The molecule has 0 aromatic heterocycles. The minimum Gasteiger partial charge on any atom is -0.370 e. The van der Waals surface area contributed by atoms with Gasteiger partial charge in [-0.3, -0.25) is 0 Å². The van der Waals surface area contributed by atoms with Crippen molar-refractivity contribution < 1.29 is 4.74 Å². The molecule has 2 nitrogen and oxygen atoms in total. The van der Waals surface area contributed by atoms with Crippen LogP contribution in [0.5, 0.6) is 0 Å². The first-order chi connectivity index (χ1) is 7.85. The van der Waals surface area contributed by atoms with Gasteiger partial charge in [0.25, 0.3) is 0 Å². The van der Waals surface area contributed by atoms with E-state index in [0.717, 1.165) is 19.4 Å². The van der Waals surface area contributed by atoms with E-state index in [1.807, 2.05) is 0 Å². The summed E-state index contributed by atoms with van der Waals surface area (Å²) in [4.78, 5) is 0. The molecule has 0 amide bonds. The fourth-order valence-electron chi connectivity index (χ4n) is 2.31. The van der Waals surface area contributed by atoms with Gasteiger partial charge in [-0.2, -0.15) is 0 Å². The van der Waals surface area contributed by atoms with E-state index in [2.05, 4.69) is 49.5 Å². The highest BCUT2D eigenvalue weighted by molar-refractivity contribution is 5.19. The minimum atomic E-state index is 0.217. The Labute approximate surface area is 98.0 Å². The van der Waals surface area contributed by atoms with Crippen LogP contribution in [0.3, 0.4) is 0 Å². The summed E-state index contributed by atoms with van der Waals surface area (Å²) in [5.74, 6) is 0. The normalized spacial score (nSPS) is 30.2. The first-order valence-corrected chi connectivity index (χ1v) is 6.27. The molecule has 1 N–H and O–H groups in total. The van der Waals surface area contributed by atoms with Crippen LogP contribution < -0.4 is 5.32 Å². The maximum Gasteiger partial charge on any atom is 0.0978 e. The van der Waals surface area contributed by atoms with Crippen molar-refractivity contribution in [2.45, 2.75) is 44.9 Å². The summed E-state index contributed by atoms with van der Waals surface area (Å²) in [5.41, 5.74) is 1.29. The van der Waals surface area contributed by atoms with Crippen molar-refractivity contribution in [1.29, 1.82) is 0 Å². The number of hydrogen-bond acceptors (Lipinski definition) is 2. The molecule has 1 saturated heterocycles. The Hall–Kier alpha value is -0.860. The molecule has 1 aromatic carbocycles. The van der Waals surface area contributed by atoms with Crippen LogP contribution >= 0.6 is 0 Å². The van der Waals surface area contributed by atoms with Gasteiger partial charge < -0.3 is 10.1 Å². The smallest absolute Gasteiger partial charge is 0.0978 e. The summed E-state index contributed by atoms with van der Waals surface area (Å²) in [6.07, 6.45) is 2.46. The molecular formula is C14H21NO. The molecule has 2 rings (SSSR count). The van der Waals surface area contributed by atoms with Gasteiger partial charge in [-0.1, -0.05) is 44.2 Å². The van der Waals surface area contributed by atoms with Gasteiger partial charge in [-0.05, 0) is 18.4 Å². The van der Waals surface area contributed by atoms with Crippen LogP contribution in [0.4, 0.5) is 0 Å². The van der Waals surface area contributed by atoms with Gasteiger partial charge in [0.15, 0.2) is 0 Å². The SMILES string of the molecule is CCC1COC(c2ccccc2)C(CC)N1. The summed E-state index contributed by atoms with van der Waals surface area (Å²) in [6.45, 7) is 5.25. The summed E-state index contributed by atoms with van der Waals surface area (Å²) < 4.78 is 6.01. The predicted molar refractivity (Wildman–Crippen MR) is 66.4 cm³/mol.